The molecule has 0 spiro atoms. The van der Waals surface area contributed by atoms with Crippen LogP contribution in [-0.4, -0.2) is 5.91 Å². The Balaban J connectivity index is 2.70. The number of carbonyl (C=O) groups excluding carboxylic acids is 1. The summed E-state index contributed by atoms with van der Waals surface area (Å²) in [6.07, 6.45) is 1.81. The zero-order valence-corrected chi connectivity index (χ0v) is 6.42. The van der Waals surface area contributed by atoms with Crippen LogP contribution in [0.15, 0.2) is 12.7 Å². The molecular weight excluding hydrogens is 126 g/mol. The van der Waals surface area contributed by atoms with Crippen molar-refractivity contribution in [2.24, 2.45) is 23.0 Å². The molecule has 0 aliphatic heterocycles. The van der Waals surface area contributed by atoms with E-state index in [2.05, 4.69) is 6.58 Å². The number of allylic oxidation sites excluding steroid dienone is 1. The van der Waals surface area contributed by atoms with Crippen molar-refractivity contribution in [1.29, 1.82) is 0 Å². The first-order chi connectivity index (χ1) is 4.51. The summed E-state index contributed by atoms with van der Waals surface area (Å²) in [5.74, 6) is 0.116. The molecule has 0 radical (unpaired) electrons. The van der Waals surface area contributed by atoms with Crippen molar-refractivity contribution < 1.29 is 4.79 Å². The molecule has 0 saturated heterocycles. The second kappa shape index (κ2) is 1.84. The van der Waals surface area contributed by atoms with Crippen LogP contribution < -0.4 is 5.73 Å². The Labute approximate surface area is 61.1 Å². The van der Waals surface area contributed by atoms with Gasteiger partial charge >= 0.3 is 0 Å². The molecule has 1 aliphatic rings. The summed E-state index contributed by atoms with van der Waals surface area (Å²) < 4.78 is 0. The molecule has 2 N–H and O–H groups in total. The average Bonchev–Trinajstić information content (AvgIpc) is 2.33. The van der Waals surface area contributed by atoms with E-state index < -0.39 is 0 Å². The number of hydrogen-bond acceptors (Lipinski definition) is 1. The van der Waals surface area contributed by atoms with Crippen LogP contribution in [0.4, 0.5) is 0 Å². The lowest BCUT2D eigenvalue weighted by Gasteiger charge is -1.96. The number of carbonyl (C=O) groups is 1. The molecule has 0 bridgehead atoms. The highest BCUT2D eigenvalue weighted by Gasteiger charge is 2.59. The molecular formula is C8H13NO. The number of nitrogens with two attached hydrogens (primary N) is 1. The van der Waals surface area contributed by atoms with Crippen LogP contribution in [0.3, 0.4) is 0 Å². The quantitative estimate of drug-likeness (QED) is 0.568. The Kier molecular flexibility index (Phi) is 1.35. The number of amides is 1. The van der Waals surface area contributed by atoms with Crippen molar-refractivity contribution in [2.45, 2.75) is 13.8 Å². The summed E-state index contributed by atoms with van der Waals surface area (Å²) in [5, 5.41) is 0. The number of primary amides is 1. The minimum atomic E-state index is -0.199. The summed E-state index contributed by atoms with van der Waals surface area (Å²) in [7, 11) is 0. The van der Waals surface area contributed by atoms with Gasteiger partial charge in [0.15, 0.2) is 0 Å². The maximum Gasteiger partial charge on any atom is 0.221 e. The zero-order chi connectivity index (χ0) is 7.94. The summed E-state index contributed by atoms with van der Waals surface area (Å²) in [4.78, 5) is 10.7. The molecule has 2 atom stereocenters. The Morgan fingerprint density at radius 1 is 1.70 bits per heavy atom. The summed E-state index contributed by atoms with van der Waals surface area (Å²) in [5.41, 5.74) is 5.22. The molecule has 0 aromatic rings. The largest absolute Gasteiger partial charge is 0.369 e. The third kappa shape index (κ3) is 0.753. The number of hydrogen-bond donors (Lipinski definition) is 1. The molecule has 2 nitrogen and oxygen atoms in total. The molecule has 0 unspecified atom stereocenters. The van der Waals surface area contributed by atoms with Crippen LogP contribution in [0.2, 0.25) is 0 Å². The van der Waals surface area contributed by atoms with Gasteiger partial charge in [-0.15, -0.1) is 6.58 Å². The van der Waals surface area contributed by atoms with Gasteiger partial charge in [-0.25, -0.2) is 0 Å². The first kappa shape index (κ1) is 7.32. The van der Waals surface area contributed by atoms with Crippen LogP contribution in [-0.2, 0) is 4.79 Å². The van der Waals surface area contributed by atoms with Crippen molar-refractivity contribution >= 4 is 5.91 Å². The minimum absolute atomic E-state index is 0.0185. The third-order valence-corrected chi connectivity index (χ3v) is 2.47. The predicted molar refractivity (Wildman–Crippen MR) is 40.2 cm³/mol. The lowest BCUT2D eigenvalue weighted by molar-refractivity contribution is -0.119. The Hall–Kier alpha value is -0.790. The maximum absolute atomic E-state index is 10.7. The van der Waals surface area contributed by atoms with Gasteiger partial charge in [0.1, 0.15) is 0 Å². The fraction of sp³-hybridized carbons (Fsp3) is 0.625. The molecule has 10 heavy (non-hydrogen) atoms. The van der Waals surface area contributed by atoms with E-state index in [9.17, 15) is 4.79 Å². The van der Waals surface area contributed by atoms with Crippen molar-refractivity contribution in [3.63, 3.8) is 0 Å². The second-order valence-electron chi connectivity index (χ2n) is 3.46. The number of rotatable bonds is 2. The molecule has 1 saturated carbocycles. The van der Waals surface area contributed by atoms with Crippen molar-refractivity contribution in [3.8, 4) is 0 Å². The predicted octanol–water partition coefficient (Wildman–Crippen LogP) is 0.930. The molecule has 1 amide bonds. The van der Waals surface area contributed by atoms with Gasteiger partial charge in [0, 0.05) is 0 Å². The molecule has 0 heterocycles. The van der Waals surface area contributed by atoms with Crippen LogP contribution in [0.5, 0.6) is 0 Å². The summed E-state index contributed by atoms with van der Waals surface area (Å²) in [6, 6.07) is 0. The van der Waals surface area contributed by atoms with E-state index in [4.69, 9.17) is 5.73 Å². The highest BCUT2D eigenvalue weighted by Crippen LogP contribution is 2.58. The monoisotopic (exact) mass is 139 g/mol. The van der Waals surface area contributed by atoms with Gasteiger partial charge in [-0.05, 0) is 11.3 Å². The molecule has 56 valence electrons. The fourth-order valence-electron chi connectivity index (χ4n) is 1.66. The van der Waals surface area contributed by atoms with Crippen LogP contribution in [0.25, 0.3) is 0 Å². The van der Waals surface area contributed by atoms with E-state index in [0.29, 0.717) is 5.92 Å². The normalized spacial score (nSPS) is 35.0. The van der Waals surface area contributed by atoms with E-state index in [1.807, 2.05) is 19.9 Å². The Morgan fingerprint density at radius 3 is 2.30 bits per heavy atom. The first-order valence-corrected chi connectivity index (χ1v) is 3.43. The summed E-state index contributed by atoms with van der Waals surface area (Å²) >= 11 is 0. The van der Waals surface area contributed by atoms with Gasteiger partial charge in [0.2, 0.25) is 5.91 Å². The van der Waals surface area contributed by atoms with Crippen LogP contribution in [0.1, 0.15) is 13.8 Å². The van der Waals surface area contributed by atoms with Crippen molar-refractivity contribution in [1.82, 2.24) is 0 Å². The second-order valence-corrected chi connectivity index (χ2v) is 3.46. The van der Waals surface area contributed by atoms with Gasteiger partial charge in [0.05, 0.1) is 5.92 Å². The van der Waals surface area contributed by atoms with E-state index in [0.717, 1.165) is 0 Å². The molecule has 1 rings (SSSR count). The third-order valence-electron chi connectivity index (χ3n) is 2.47. The SMILES string of the molecule is C=C[C@H]1[C@H](C(N)=O)C1(C)C. The molecule has 1 aliphatic carbocycles. The Bertz CT molecular complexity index is 184. The molecule has 1 fully saturated rings. The van der Waals surface area contributed by atoms with Crippen molar-refractivity contribution in [3.05, 3.63) is 12.7 Å². The zero-order valence-electron chi connectivity index (χ0n) is 6.42. The topological polar surface area (TPSA) is 43.1 Å². The van der Waals surface area contributed by atoms with E-state index in [1.54, 1.807) is 0 Å². The lowest BCUT2D eigenvalue weighted by atomic mass is 10.1. The minimum Gasteiger partial charge on any atom is -0.369 e. The summed E-state index contributed by atoms with van der Waals surface area (Å²) in [6.45, 7) is 7.72. The van der Waals surface area contributed by atoms with Gasteiger partial charge in [0.25, 0.3) is 0 Å². The Morgan fingerprint density at radius 2 is 2.20 bits per heavy atom. The van der Waals surface area contributed by atoms with Crippen molar-refractivity contribution in [2.75, 3.05) is 0 Å². The van der Waals surface area contributed by atoms with Crippen LogP contribution in [0, 0.1) is 17.3 Å². The molecule has 0 aromatic carbocycles. The first-order valence-electron chi connectivity index (χ1n) is 3.43. The van der Waals surface area contributed by atoms with Gasteiger partial charge in [-0.2, -0.15) is 0 Å². The standard InChI is InChI=1S/C8H13NO/c1-4-5-6(7(9)10)8(5,2)3/h4-6H,1H2,2-3H3,(H2,9,10)/t5-,6+/m0/s1. The van der Waals surface area contributed by atoms with Gasteiger partial charge in [-0.1, -0.05) is 19.9 Å². The van der Waals surface area contributed by atoms with Gasteiger partial charge in [-0.3, -0.25) is 4.79 Å². The molecule has 0 aromatic heterocycles. The lowest BCUT2D eigenvalue weighted by Crippen LogP contribution is -2.16. The van der Waals surface area contributed by atoms with E-state index in [1.165, 1.54) is 0 Å². The van der Waals surface area contributed by atoms with E-state index in [-0.39, 0.29) is 17.2 Å². The molecule has 2 heteroatoms. The fourth-order valence-corrected chi connectivity index (χ4v) is 1.66. The van der Waals surface area contributed by atoms with Crippen LogP contribution >= 0.6 is 0 Å². The average molecular weight is 139 g/mol. The highest BCUT2D eigenvalue weighted by molar-refractivity contribution is 5.81. The van der Waals surface area contributed by atoms with Gasteiger partial charge < -0.3 is 5.73 Å². The maximum atomic E-state index is 10.7. The highest BCUT2D eigenvalue weighted by atomic mass is 16.1. The van der Waals surface area contributed by atoms with E-state index >= 15 is 0 Å². The smallest absolute Gasteiger partial charge is 0.221 e.